The van der Waals surface area contributed by atoms with Crippen molar-refractivity contribution in [1.82, 2.24) is 9.87 Å². The topological polar surface area (TPSA) is 88.3 Å². The molecule has 0 amide bonds. The Morgan fingerprint density at radius 2 is 1.94 bits per heavy atom. The monoisotopic (exact) mass is 266 g/mol. The number of H-pyrrole nitrogens is 1. The van der Waals surface area contributed by atoms with Gasteiger partial charge in [0.2, 0.25) is 0 Å². The molecule has 0 unspecified atom stereocenters. The molecule has 1 rings (SSSR count). The standard InChI is InChI=1S/C8H14N2O4S2/c1-5-6(15-7(11)9-5)16(12,13)10-14-8(2,3)4/h10H,1-4H3,(H,9,11). The lowest BCUT2D eigenvalue weighted by Gasteiger charge is -2.18. The molecule has 92 valence electrons. The Morgan fingerprint density at radius 3 is 2.31 bits per heavy atom. The van der Waals surface area contributed by atoms with E-state index in [9.17, 15) is 13.2 Å². The fraction of sp³-hybridized carbons (Fsp3) is 0.625. The lowest BCUT2D eigenvalue weighted by atomic mass is 10.2. The molecule has 0 aliphatic heterocycles. The third-order valence-corrected chi connectivity index (χ3v) is 4.27. The van der Waals surface area contributed by atoms with Crippen molar-refractivity contribution in [2.75, 3.05) is 0 Å². The molecule has 1 aromatic heterocycles. The molecule has 0 spiro atoms. The fourth-order valence-corrected chi connectivity index (χ4v) is 3.10. The van der Waals surface area contributed by atoms with E-state index in [-0.39, 0.29) is 4.21 Å². The molecule has 0 radical (unpaired) electrons. The van der Waals surface area contributed by atoms with Gasteiger partial charge in [0, 0.05) is 5.69 Å². The number of hydrogen-bond acceptors (Lipinski definition) is 5. The summed E-state index contributed by atoms with van der Waals surface area (Å²) < 4.78 is 23.4. The first-order valence-corrected chi connectivity index (χ1v) is 6.81. The van der Waals surface area contributed by atoms with Crippen LogP contribution in [0, 0.1) is 6.92 Å². The summed E-state index contributed by atoms with van der Waals surface area (Å²) >= 11 is 0.630. The molecule has 6 nitrogen and oxygen atoms in total. The highest BCUT2D eigenvalue weighted by Gasteiger charge is 2.23. The summed E-state index contributed by atoms with van der Waals surface area (Å²) in [4.78, 5) is 19.9. The summed E-state index contributed by atoms with van der Waals surface area (Å²) in [5, 5.41) is 0. The van der Waals surface area contributed by atoms with Crippen molar-refractivity contribution in [3.63, 3.8) is 0 Å². The summed E-state index contributed by atoms with van der Waals surface area (Å²) in [5.74, 6) is 0. The predicted octanol–water partition coefficient (Wildman–Crippen LogP) is 0.753. The quantitative estimate of drug-likeness (QED) is 0.790. The van der Waals surface area contributed by atoms with E-state index >= 15 is 0 Å². The first kappa shape index (κ1) is 13.4. The maximum atomic E-state index is 11.7. The van der Waals surface area contributed by atoms with E-state index in [1.807, 2.05) is 4.89 Å². The molecule has 0 fully saturated rings. The number of thiazole rings is 1. The number of aromatic amines is 1. The highest BCUT2D eigenvalue weighted by atomic mass is 32.2. The molecule has 0 aromatic carbocycles. The number of aromatic nitrogens is 1. The van der Waals surface area contributed by atoms with E-state index in [0.717, 1.165) is 0 Å². The Balaban J connectivity index is 2.95. The molecule has 0 atom stereocenters. The Bertz CT molecular complexity index is 521. The van der Waals surface area contributed by atoms with Crippen molar-refractivity contribution in [2.24, 2.45) is 0 Å². The van der Waals surface area contributed by atoms with Crippen molar-refractivity contribution in [2.45, 2.75) is 37.5 Å². The van der Waals surface area contributed by atoms with Crippen molar-refractivity contribution in [3.8, 4) is 0 Å². The van der Waals surface area contributed by atoms with Crippen LogP contribution in [0.4, 0.5) is 0 Å². The van der Waals surface area contributed by atoms with E-state index in [0.29, 0.717) is 17.0 Å². The third kappa shape index (κ3) is 3.41. The first-order chi connectivity index (χ1) is 7.12. The molecular formula is C8H14N2O4S2. The van der Waals surface area contributed by atoms with Gasteiger partial charge in [0.05, 0.1) is 5.60 Å². The van der Waals surface area contributed by atoms with Gasteiger partial charge in [-0.05, 0) is 27.7 Å². The van der Waals surface area contributed by atoms with Gasteiger partial charge in [-0.15, -0.1) is 0 Å². The van der Waals surface area contributed by atoms with Crippen LogP contribution in [-0.4, -0.2) is 19.0 Å². The van der Waals surface area contributed by atoms with Crippen LogP contribution in [0.2, 0.25) is 0 Å². The molecule has 0 aliphatic rings. The molecular weight excluding hydrogens is 252 g/mol. The van der Waals surface area contributed by atoms with Gasteiger partial charge in [-0.1, -0.05) is 16.2 Å². The maximum Gasteiger partial charge on any atom is 0.305 e. The second-order valence-corrected chi connectivity index (χ2v) is 7.05. The average Bonchev–Trinajstić information content (AvgIpc) is 2.42. The highest BCUT2D eigenvalue weighted by molar-refractivity contribution is 7.91. The van der Waals surface area contributed by atoms with Gasteiger partial charge in [0.1, 0.15) is 0 Å². The van der Waals surface area contributed by atoms with E-state index in [4.69, 9.17) is 4.84 Å². The van der Waals surface area contributed by atoms with Gasteiger partial charge in [0.25, 0.3) is 10.0 Å². The van der Waals surface area contributed by atoms with Crippen molar-refractivity contribution in [3.05, 3.63) is 15.4 Å². The highest BCUT2D eigenvalue weighted by Crippen LogP contribution is 2.16. The van der Waals surface area contributed by atoms with Gasteiger partial charge < -0.3 is 4.98 Å². The first-order valence-electron chi connectivity index (χ1n) is 4.51. The maximum absolute atomic E-state index is 11.7. The summed E-state index contributed by atoms with van der Waals surface area (Å²) in [6.45, 7) is 6.65. The number of rotatable bonds is 3. The predicted molar refractivity (Wildman–Crippen MR) is 60.8 cm³/mol. The van der Waals surface area contributed by atoms with E-state index in [1.54, 1.807) is 20.8 Å². The zero-order valence-corrected chi connectivity index (χ0v) is 11.1. The van der Waals surface area contributed by atoms with Crippen LogP contribution in [0.1, 0.15) is 26.5 Å². The summed E-state index contributed by atoms with van der Waals surface area (Å²) in [7, 11) is -3.79. The zero-order valence-electron chi connectivity index (χ0n) is 9.45. The van der Waals surface area contributed by atoms with Crippen LogP contribution >= 0.6 is 11.3 Å². The van der Waals surface area contributed by atoms with Gasteiger partial charge in [-0.25, -0.2) is 8.42 Å². The summed E-state index contributed by atoms with van der Waals surface area (Å²) in [5.41, 5.74) is -0.331. The van der Waals surface area contributed by atoms with Crippen molar-refractivity contribution < 1.29 is 13.3 Å². The molecule has 2 N–H and O–H groups in total. The number of aryl methyl sites for hydroxylation is 1. The Morgan fingerprint density at radius 1 is 1.38 bits per heavy atom. The minimum atomic E-state index is -3.79. The van der Waals surface area contributed by atoms with Crippen LogP contribution in [0.3, 0.4) is 0 Å². The summed E-state index contributed by atoms with van der Waals surface area (Å²) in [6.07, 6.45) is 0. The number of nitrogens with one attached hydrogen (secondary N) is 2. The molecule has 0 bridgehead atoms. The average molecular weight is 266 g/mol. The fourth-order valence-electron chi connectivity index (χ4n) is 0.864. The van der Waals surface area contributed by atoms with Crippen LogP contribution in [-0.2, 0) is 14.9 Å². The molecule has 0 saturated carbocycles. The van der Waals surface area contributed by atoms with E-state index in [2.05, 4.69) is 4.98 Å². The molecule has 0 saturated heterocycles. The normalized spacial score (nSPS) is 13.0. The minimum absolute atomic E-state index is 0.0539. The van der Waals surface area contributed by atoms with Crippen molar-refractivity contribution in [1.29, 1.82) is 0 Å². The molecule has 16 heavy (non-hydrogen) atoms. The van der Waals surface area contributed by atoms with E-state index < -0.39 is 20.5 Å². The van der Waals surface area contributed by atoms with Crippen LogP contribution < -0.4 is 9.76 Å². The molecule has 1 heterocycles. The molecule has 0 aliphatic carbocycles. The molecule has 1 aromatic rings. The second-order valence-electron chi connectivity index (χ2n) is 4.23. The smallest absolute Gasteiger partial charge is 0.305 e. The largest absolute Gasteiger partial charge is 0.315 e. The Hall–Kier alpha value is -0.700. The lowest BCUT2D eigenvalue weighted by molar-refractivity contribution is -0.0357. The van der Waals surface area contributed by atoms with Crippen molar-refractivity contribution >= 4 is 21.4 Å². The van der Waals surface area contributed by atoms with Gasteiger partial charge >= 0.3 is 4.87 Å². The number of hydrogen-bond donors (Lipinski definition) is 2. The Kier molecular flexibility index (Phi) is 3.58. The van der Waals surface area contributed by atoms with Crippen LogP contribution in [0.25, 0.3) is 0 Å². The number of sulfonamides is 1. The van der Waals surface area contributed by atoms with Crippen LogP contribution in [0.5, 0.6) is 0 Å². The van der Waals surface area contributed by atoms with E-state index in [1.165, 1.54) is 6.92 Å². The Labute approximate surface area is 97.7 Å². The van der Waals surface area contributed by atoms with Crippen LogP contribution in [0.15, 0.2) is 9.00 Å². The molecule has 8 heteroatoms. The second kappa shape index (κ2) is 4.28. The third-order valence-electron chi connectivity index (χ3n) is 1.48. The minimum Gasteiger partial charge on any atom is -0.315 e. The van der Waals surface area contributed by atoms with Gasteiger partial charge in [0.15, 0.2) is 4.21 Å². The lowest BCUT2D eigenvalue weighted by Crippen LogP contribution is -2.33. The van der Waals surface area contributed by atoms with Gasteiger partial charge in [-0.3, -0.25) is 9.63 Å². The zero-order chi connectivity index (χ0) is 12.6. The SMILES string of the molecule is Cc1[nH]c(=O)sc1S(=O)(=O)NOC(C)(C)C. The van der Waals surface area contributed by atoms with Gasteiger partial charge in [-0.2, -0.15) is 0 Å². The summed E-state index contributed by atoms with van der Waals surface area (Å²) in [6, 6.07) is 0.